The molecule has 2 aliphatic rings. The summed E-state index contributed by atoms with van der Waals surface area (Å²) in [7, 11) is 0. The standard InChI is InChI=1S/C43H40/c1-26-23-28-11-7-8-12-31(28)35-14-10-15-36(40(26)35)37-16-9-13-32(41(37)27-17-18-27)29-19-21-33-34-22-20-30(42(2,3)4)25-39(34)43(5,6)38(33)24-29/h7-16,19-25,27H,17-18H2,1-6H3. The molecule has 8 rings (SSSR count). The SMILES string of the molecule is Cc1cc2ccccc2c2cccc(-c3cccc(-c4ccc5c(c4)C(C)(C)c4cc(C(C)(C)C)ccc4-5)c3C3CC3)c12. The average molecular weight is 557 g/mol. The third-order valence-corrected chi connectivity index (χ3v) is 10.3. The molecular formula is C43H40. The van der Waals surface area contributed by atoms with Gasteiger partial charge in [0.25, 0.3) is 0 Å². The van der Waals surface area contributed by atoms with Gasteiger partial charge in [0.05, 0.1) is 0 Å². The topological polar surface area (TPSA) is 0 Å². The summed E-state index contributed by atoms with van der Waals surface area (Å²) in [5.74, 6) is 0.620. The molecule has 0 aromatic heterocycles. The van der Waals surface area contributed by atoms with E-state index in [0.29, 0.717) is 5.92 Å². The van der Waals surface area contributed by atoms with Gasteiger partial charge in [-0.05, 0) is 120 Å². The number of hydrogen-bond donors (Lipinski definition) is 0. The highest BCUT2D eigenvalue weighted by Gasteiger charge is 2.37. The highest BCUT2D eigenvalue weighted by molar-refractivity contribution is 6.14. The lowest BCUT2D eigenvalue weighted by atomic mass is 9.78. The normalized spacial score (nSPS) is 15.6. The van der Waals surface area contributed by atoms with Crippen LogP contribution >= 0.6 is 0 Å². The molecule has 0 spiro atoms. The van der Waals surface area contributed by atoms with Gasteiger partial charge in [-0.15, -0.1) is 0 Å². The Labute approximate surface area is 256 Å². The summed E-state index contributed by atoms with van der Waals surface area (Å²) in [6, 6.07) is 39.6. The zero-order valence-electron chi connectivity index (χ0n) is 26.3. The lowest BCUT2D eigenvalue weighted by molar-refractivity contribution is 0.584. The van der Waals surface area contributed by atoms with Crippen LogP contribution in [0.1, 0.15) is 81.2 Å². The summed E-state index contributed by atoms with van der Waals surface area (Å²) in [5.41, 5.74) is 15.6. The molecule has 0 amide bonds. The van der Waals surface area contributed by atoms with Crippen molar-refractivity contribution >= 4 is 21.5 Å². The van der Waals surface area contributed by atoms with Crippen molar-refractivity contribution in [2.24, 2.45) is 0 Å². The Morgan fingerprint density at radius 1 is 0.605 bits per heavy atom. The van der Waals surface area contributed by atoms with Crippen molar-refractivity contribution in [3.8, 4) is 33.4 Å². The molecule has 6 aromatic carbocycles. The first kappa shape index (κ1) is 26.5. The summed E-state index contributed by atoms with van der Waals surface area (Å²) >= 11 is 0. The highest BCUT2D eigenvalue weighted by Crippen LogP contribution is 2.53. The van der Waals surface area contributed by atoms with Crippen LogP contribution in [-0.2, 0) is 10.8 Å². The first-order chi connectivity index (χ1) is 20.6. The van der Waals surface area contributed by atoms with Crippen molar-refractivity contribution in [1.82, 2.24) is 0 Å². The number of hydrogen-bond acceptors (Lipinski definition) is 0. The van der Waals surface area contributed by atoms with Crippen LogP contribution < -0.4 is 0 Å². The van der Waals surface area contributed by atoms with Crippen LogP contribution in [0.3, 0.4) is 0 Å². The van der Waals surface area contributed by atoms with Crippen molar-refractivity contribution in [2.75, 3.05) is 0 Å². The van der Waals surface area contributed by atoms with Gasteiger partial charge in [0.1, 0.15) is 0 Å². The van der Waals surface area contributed by atoms with E-state index in [9.17, 15) is 0 Å². The zero-order valence-corrected chi connectivity index (χ0v) is 26.3. The van der Waals surface area contributed by atoms with Gasteiger partial charge in [-0.1, -0.05) is 132 Å². The molecule has 0 aliphatic heterocycles. The summed E-state index contributed by atoms with van der Waals surface area (Å²) in [4.78, 5) is 0. The van der Waals surface area contributed by atoms with Crippen LogP contribution in [0.4, 0.5) is 0 Å². The smallest absolute Gasteiger partial charge is 0.0159 e. The van der Waals surface area contributed by atoms with Crippen LogP contribution in [0.15, 0.2) is 103 Å². The highest BCUT2D eigenvalue weighted by atomic mass is 14.4. The molecule has 0 unspecified atom stereocenters. The predicted octanol–water partition coefficient (Wildman–Crippen LogP) is 12.1. The number of benzene rings is 6. The van der Waals surface area contributed by atoms with Crippen LogP contribution in [0.5, 0.6) is 0 Å². The maximum Gasteiger partial charge on any atom is 0.0159 e. The van der Waals surface area contributed by atoms with Gasteiger partial charge in [-0.3, -0.25) is 0 Å². The van der Waals surface area contributed by atoms with Gasteiger partial charge >= 0.3 is 0 Å². The largest absolute Gasteiger partial charge is 0.0616 e. The van der Waals surface area contributed by atoms with E-state index in [1.165, 1.54) is 95.6 Å². The fourth-order valence-electron chi connectivity index (χ4n) is 7.83. The number of rotatable bonds is 3. The van der Waals surface area contributed by atoms with Crippen molar-refractivity contribution in [2.45, 2.75) is 71.1 Å². The summed E-state index contributed by atoms with van der Waals surface area (Å²) in [6.07, 6.45) is 2.54. The Morgan fingerprint density at radius 3 is 2.02 bits per heavy atom. The number of aryl methyl sites for hydroxylation is 1. The Kier molecular flexibility index (Phi) is 5.64. The molecule has 0 atom stereocenters. The maximum absolute atomic E-state index is 2.51. The first-order valence-corrected chi connectivity index (χ1v) is 16.0. The van der Waals surface area contributed by atoms with E-state index in [1.54, 1.807) is 0 Å². The van der Waals surface area contributed by atoms with Gasteiger partial charge in [-0.25, -0.2) is 0 Å². The van der Waals surface area contributed by atoms with Gasteiger partial charge in [0, 0.05) is 5.41 Å². The summed E-state index contributed by atoms with van der Waals surface area (Å²) in [5, 5.41) is 5.40. The molecule has 0 saturated heterocycles. The lowest BCUT2D eigenvalue weighted by Gasteiger charge is -2.25. The Hall–Kier alpha value is -4.16. The molecule has 0 bridgehead atoms. The molecular weight excluding hydrogens is 516 g/mol. The van der Waals surface area contributed by atoms with E-state index in [1.807, 2.05) is 0 Å². The van der Waals surface area contributed by atoms with Crippen molar-refractivity contribution in [3.63, 3.8) is 0 Å². The van der Waals surface area contributed by atoms with Crippen LogP contribution in [0.2, 0.25) is 0 Å². The minimum Gasteiger partial charge on any atom is -0.0616 e. The Morgan fingerprint density at radius 2 is 1.26 bits per heavy atom. The molecule has 1 saturated carbocycles. The van der Waals surface area contributed by atoms with Crippen molar-refractivity contribution in [3.05, 3.63) is 131 Å². The van der Waals surface area contributed by atoms with E-state index >= 15 is 0 Å². The van der Waals surface area contributed by atoms with E-state index < -0.39 is 0 Å². The summed E-state index contributed by atoms with van der Waals surface area (Å²) in [6.45, 7) is 14.0. The Bertz CT molecular complexity index is 2090. The molecule has 43 heavy (non-hydrogen) atoms. The fraction of sp³-hybridized carbons (Fsp3) is 0.256. The molecule has 0 N–H and O–H groups in total. The monoisotopic (exact) mass is 556 g/mol. The minimum absolute atomic E-state index is 0.0346. The predicted molar refractivity (Wildman–Crippen MR) is 185 cm³/mol. The lowest BCUT2D eigenvalue weighted by Crippen LogP contribution is -2.17. The first-order valence-electron chi connectivity index (χ1n) is 16.0. The molecule has 0 heterocycles. The van der Waals surface area contributed by atoms with Crippen LogP contribution in [0.25, 0.3) is 54.9 Å². The van der Waals surface area contributed by atoms with Crippen LogP contribution in [0, 0.1) is 6.92 Å². The molecule has 0 heteroatoms. The van der Waals surface area contributed by atoms with E-state index in [-0.39, 0.29) is 10.8 Å². The van der Waals surface area contributed by atoms with Crippen molar-refractivity contribution in [1.29, 1.82) is 0 Å². The maximum atomic E-state index is 2.51. The third-order valence-electron chi connectivity index (χ3n) is 10.3. The average Bonchev–Trinajstić information content (AvgIpc) is 3.82. The molecule has 1 fully saturated rings. The molecule has 6 aromatic rings. The van der Waals surface area contributed by atoms with E-state index in [0.717, 1.165) is 0 Å². The molecule has 0 radical (unpaired) electrons. The third kappa shape index (κ3) is 4.03. The van der Waals surface area contributed by atoms with Gasteiger partial charge in [-0.2, -0.15) is 0 Å². The second kappa shape index (κ2) is 9.17. The van der Waals surface area contributed by atoms with Gasteiger partial charge in [0.15, 0.2) is 0 Å². The molecule has 212 valence electrons. The van der Waals surface area contributed by atoms with E-state index in [2.05, 4.69) is 145 Å². The second-order valence-corrected chi connectivity index (χ2v) is 14.6. The van der Waals surface area contributed by atoms with E-state index in [4.69, 9.17) is 0 Å². The van der Waals surface area contributed by atoms with Gasteiger partial charge < -0.3 is 0 Å². The second-order valence-electron chi connectivity index (χ2n) is 14.6. The van der Waals surface area contributed by atoms with Crippen molar-refractivity contribution < 1.29 is 0 Å². The summed E-state index contributed by atoms with van der Waals surface area (Å²) < 4.78 is 0. The zero-order chi connectivity index (χ0) is 29.7. The number of fused-ring (bicyclic) bond motifs is 6. The quantitative estimate of drug-likeness (QED) is 0.190. The fourth-order valence-corrected chi connectivity index (χ4v) is 7.83. The minimum atomic E-state index is -0.0346. The molecule has 0 nitrogen and oxygen atoms in total. The Balaban J connectivity index is 1.31. The molecule has 2 aliphatic carbocycles. The van der Waals surface area contributed by atoms with Gasteiger partial charge in [0.2, 0.25) is 0 Å². The van der Waals surface area contributed by atoms with Crippen LogP contribution in [-0.4, -0.2) is 0 Å².